The molecule has 0 atom stereocenters. The number of anilines is 3. The van der Waals surface area contributed by atoms with Crippen LogP contribution >= 0.6 is 11.6 Å². The Hall–Kier alpha value is -2.08. The molecule has 106 valence electrons. The van der Waals surface area contributed by atoms with Crippen LogP contribution in [0.25, 0.3) is 0 Å². The Labute approximate surface area is 118 Å². The van der Waals surface area contributed by atoms with E-state index in [-0.39, 0.29) is 11.4 Å². The molecule has 3 nitrogen and oxygen atoms in total. The van der Waals surface area contributed by atoms with Crippen LogP contribution in [0, 0.1) is 5.82 Å². The highest BCUT2D eigenvalue weighted by atomic mass is 35.5. The lowest BCUT2D eigenvalue weighted by molar-refractivity contribution is -0.0521. The molecule has 7 heteroatoms. The molecule has 0 saturated carbocycles. The maximum absolute atomic E-state index is 13.4. The first-order valence-electron chi connectivity index (χ1n) is 5.52. The van der Waals surface area contributed by atoms with Gasteiger partial charge in [0, 0.05) is 22.8 Å². The highest BCUT2D eigenvalue weighted by Crippen LogP contribution is 2.31. The average molecular weight is 303 g/mol. The molecular weight excluding hydrogens is 293 g/mol. The van der Waals surface area contributed by atoms with Crippen molar-refractivity contribution in [2.24, 2.45) is 0 Å². The van der Waals surface area contributed by atoms with Gasteiger partial charge < -0.3 is 15.8 Å². The largest absolute Gasteiger partial charge is 0.432 e. The van der Waals surface area contributed by atoms with Gasteiger partial charge in [0.2, 0.25) is 0 Å². The number of nitrogens with one attached hydrogen (secondary N) is 1. The summed E-state index contributed by atoms with van der Waals surface area (Å²) in [7, 11) is 0. The lowest BCUT2D eigenvalue weighted by Crippen LogP contribution is -2.05. The predicted molar refractivity (Wildman–Crippen MR) is 72.2 cm³/mol. The highest BCUT2D eigenvalue weighted by Gasteiger charge is 2.13. The molecule has 0 radical (unpaired) electrons. The number of ether oxygens (including phenoxy) is 1. The molecule has 0 heterocycles. The van der Waals surface area contributed by atoms with E-state index in [9.17, 15) is 13.2 Å². The Kier molecular flexibility index (Phi) is 4.24. The molecule has 0 unspecified atom stereocenters. The summed E-state index contributed by atoms with van der Waals surface area (Å²) in [5.41, 5.74) is 6.51. The van der Waals surface area contributed by atoms with Crippen LogP contribution in [0.5, 0.6) is 5.75 Å². The zero-order valence-electron chi connectivity index (χ0n) is 10.0. The second kappa shape index (κ2) is 5.92. The Balaban J connectivity index is 2.31. The summed E-state index contributed by atoms with van der Waals surface area (Å²) >= 11 is 5.82. The van der Waals surface area contributed by atoms with Crippen molar-refractivity contribution in [2.75, 3.05) is 11.1 Å². The van der Waals surface area contributed by atoms with Gasteiger partial charge in [-0.25, -0.2) is 4.39 Å². The van der Waals surface area contributed by atoms with Gasteiger partial charge in [-0.2, -0.15) is 8.78 Å². The molecule has 0 fully saturated rings. The number of rotatable bonds is 4. The number of hydrogen-bond acceptors (Lipinski definition) is 3. The number of benzene rings is 2. The Morgan fingerprint density at radius 3 is 2.60 bits per heavy atom. The lowest BCUT2D eigenvalue weighted by Gasteiger charge is -2.13. The summed E-state index contributed by atoms with van der Waals surface area (Å²) in [6.07, 6.45) is 0. The second-order valence-corrected chi connectivity index (χ2v) is 4.32. The summed E-state index contributed by atoms with van der Waals surface area (Å²) in [4.78, 5) is 0. The molecule has 0 aliphatic carbocycles. The van der Waals surface area contributed by atoms with Crippen LogP contribution in [0.2, 0.25) is 5.02 Å². The van der Waals surface area contributed by atoms with E-state index in [2.05, 4.69) is 10.1 Å². The molecule has 0 aromatic heterocycles. The first kappa shape index (κ1) is 14.3. The number of halogens is 4. The van der Waals surface area contributed by atoms with Crippen molar-refractivity contribution in [1.29, 1.82) is 0 Å². The van der Waals surface area contributed by atoms with Gasteiger partial charge in [0.25, 0.3) is 0 Å². The molecule has 2 aromatic rings. The standard InChI is InChI=1S/C13H10ClF3N2O/c14-7-2-1-3-8(4-7)19-11-6-12(20-13(16)17)9(15)5-10(11)18/h1-6,13,19H,18H2. The summed E-state index contributed by atoms with van der Waals surface area (Å²) in [6, 6.07) is 8.65. The molecule has 0 amide bonds. The van der Waals surface area contributed by atoms with Crippen LogP contribution < -0.4 is 15.8 Å². The Bertz CT molecular complexity index is 623. The topological polar surface area (TPSA) is 47.3 Å². The fourth-order valence-corrected chi connectivity index (χ4v) is 1.78. The summed E-state index contributed by atoms with van der Waals surface area (Å²) in [5, 5.41) is 3.34. The zero-order chi connectivity index (χ0) is 14.7. The molecule has 2 rings (SSSR count). The van der Waals surface area contributed by atoms with Crippen molar-refractivity contribution in [3.8, 4) is 5.75 Å². The van der Waals surface area contributed by atoms with Crippen LogP contribution in [-0.2, 0) is 0 Å². The van der Waals surface area contributed by atoms with E-state index in [4.69, 9.17) is 17.3 Å². The summed E-state index contributed by atoms with van der Waals surface area (Å²) < 4.78 is 41.8. The first-order chi connectivity index (χ1) is 9.45. The summed E-state index contributed by atoms with van der Waals surface area (Å²) in [5.74, 6) is -1.54. The molecule has 0 aliphatic heterocycles. The summed E-state index contributed by atoms with van der Waals surface area (Å²) in [6.45, 7) is -3.12. The molecule has 0 aliphatic rings. The van der Waals surface area contributed by atoms with Gasteiger partial charge in [0.15, 0.2) is 11.6 Å². The molecule has 0 saturated heterocycles. The number of alkyl halides is 2. The van der Waals surface area contributed by atoms with Crippen molar-refractivity contribution >= 4 is 28.7 Å². The van der Waals surface area contributed by atoms with E-state index < -0.39 is 18.2 Å². The molecule has 20 heavy (non-hydrogen) atoms. The lowest BCUT2D eigenvalue weighted by atomic mass is 10.2. The van der Waals surface area contributed by atoms with Gasteiger partial charge in [0.1, 0.15) is 0 Å². The van der Waals surface area contributed by atoms with Crippen molar-refractivity contribution in [2.45, 2.75) is 6.61 Å². The van der Waals surface area contributed by atoms with Crippen LogP contribution in [-0.4, -0.2) is 6.61 Å². The quantitative estimate of drug-likeness (QED) is 0.823. The Morgan fingerprint density at radius 1 is 1.20 bits per heavy atom. The van der Waals surface area contributed by atoms with Gasteiger partial charge in [-0.3, -0.25) is 0 Å². The van der Waals surface area contributed by atoms with Crippen LogP contribution in [0.4, 0.5) is 30.2 Å². The van der Waals surface area contributed by atoms with Crippen LogP contribution in [0.1, 0.15) is 0 Å². The van der Waals surface area contributed by atoms with E-state index in [1.54, 1.807) is 24.3 Å². The fourth-order valence-electron chi connectivity index (χ4n) is 1.59. The predicted octanol–water partition coefficient (Wildman–Crippen LogP) is 4.41. The number of nitrogens with two attached hydrogens (primary N) is 1. The average Bonchev–Trinajstić information content (AvgIpc) is 2.34. The molecule has 0 bridgehead atoms. The van der Waals surface area contributed by atoms with E-state index in [0.717, 1.165) is 12.1 Å². The van der Waals surface area contributed by atoms with Gasteiger partial charge in [-0.15, -0.1) is 0 Å². The first-order valence-corrected chi connectivity index (χ1v) is 5.90. The van der Waals surface area contributed by atoms with Gasteiger partial charge in [-0.1, -0.05) is 17.7 Å². The van der Waals surface area contributed by atoms with Crippen molar-refractivity contribution in [3.05, 3.63) is 47.2 Å². The minimum Gasteiger partial charge on any atom is -0.432 e. The van der Waals surface area contributed by atoms with E-state index >= 15 is 0 Å². The molecular formula is C13H10ClF3N2O. The van der Waals surface area contributed by atoms with Gasteiger partial charge in [-0.05, 0) is 18.2 Å². The van der Waals surface area contributed by atoms with E-state index in [1.165, 1.54) is 0 Å². The minimum atomic E-state index is -3.12. The maximum atomic E-state index is 13.4. The second-order valence-electron chi connectivity index (χ2n) is 3.88. The van der Waals surface area contributed by atoms with E-state index in [0.29, 0.717) is 10.7 Å². The monoisotopic (exact) mass is 302 g/mol. The molecule has 3 N–H and O–H groups in total. The molecule has 0 spiro atoms. The Morgan fingerprint density at radius 2 is 1.95 bits per heavy atom. The van der Waals surface area contributed by atoms with Crippen molar-refractivity contribution in [1.82, 2.24) is 0 Å². The van der Waals surface area contributed by atoms with Gasteiger partial charge >= 0.3 is 6.61 Å². The SMILES string of the molecule is Nc1cc(F)c(OC(F)F)cc1Nc1cccc(Cl)c1. The van der Waals surface area contributed by atoms with Crippen molar-refractivity contribution in [3.63, 3.8) is 0 Å². The maximum Gasteiger partial charge on any atom is 0.387 e. The third kappa shape index (κ3) is 3.48. The number of hydrogen-bond donors (Lipinski definition) is 2. The fraction of sp³-hybridized carbons (Fsp3) is 0.0769. The normalized spacial score (nSPS) is 10.7. The van der Waals surface area contributed by atoms with Crippen LogP contribution in [0.3, 0.4) is 0 Å². The molecule has 2 aromatic carbocycles. The number of nitrogen functional groups attached to an aromatic ring is 1. The smallest absolute Gasteiger partial charge is 0.387 e. The third-order valence-electron chi connectivity index (χ3n) is 2.42. The third-order valence-corrected chi connectivity index (χ3v) is 2.66. The van der Waals surface area contributed by atoms with E-state index in [1.807, 2.05) is 0 Å². The highest BCUT2D eigenvalue weighted by molar-refractivity contribution is 6.30. The van der Waals surface area contributed by atoms with Crippen LogP contribution in [0.15, 0.2) is 36.4 Å². The minimum absolute atomic E-state index is 0.0593. The van der Waals surface area contributed by atoms with Crippen molar-refractivity contribution < 1.29 is 17.9 Å². The zero-order valence-corrected chi connectivity index (χ0v) is 10.8. The van der Waals surface area contributed by atoms with Gasteiger partial charge in [0.05, 0.1) is 11.4 Å².